The van der Waals surface area contributed by atoms with E-state index in [0.29, 0.717) is 0 Å². The molecule has 1 heterocycles. The molecule has 1 aromatic rings. The molecule has 102 valence electrons. The van der Waals surface area contributed by atoms with Gasteiger partial charge in [0.2, 0.25) is 0 Å². The van der Waals surface area contributed by atoms with Crippen molar-refractivity contribution in [1.82, 2.24) is 5.32 Å². The number of nitrogens with one attached hydrogen (secondary N) is 1. The smallest absolute Gasteiger partial charge is 0.253 e. The highest BCUT2D eigenvalue weighted by Gasteiger charge is 2.36. The molecule has 2 atom stereocenters. The molecule has 4 heteroatoms. The molecule has 0 aliphatic heterocycles. The molecule has 0 radical (unpaired) electrons. The summed E-state index contributed by atoms with van der Waals surface area (Å²) in [5.74, 6) is 1.80. The minimum Gasteiger partial charge on any atom is -0.466 e. The number of alkyl halides is 2. The molecule has 18 heavy (non-hydrogen) atoms. The summed E-state index contributed by atoms with van der Waals surface area (Å²) in [6.07, 6.45) is -0.612. The summed E-state index contributed by atoms with van der Waals surface area (Å²) in [7, 11) is 0. The molecule has 0 spiro atoms. The Morgan fingerprint density at radius 3 is 2.72 bits per heavy atom. The third-order valence-corrected chi connectivity index (χ3v) is 3.58. The maximum atomic E-state index is 12.7. The van der Waals surface area contributed by atoms with E-state index in [9.17, 15) is 8.78 Å². The van der Waals surface area contributed by atoms with Gasteiger partial charge in [-0.1, -0.05) is 13.8 Å². The molecule has 1 aliphatic rings. The van der Waals surface area contributed by atoms with Crippen LogP contribution < -0.4 is 5.32 Å². The fourth-order valence-corrected chi connectivity index (χ4v) is 2.72. The molecule has 1 N–H and O–H groups in total. The van der Waals surface area contributed by atoms with Gasteiger partial charge in [-0.3, -0.25) is 0 Å². The van der Waals surface area contributed by atoms with Crippen molar-refractivity contribution in [3.8, 4) is 0 Å². The SMILES string of the molecule is Cc1cc2c(o1)CC(C)(C)CC2NC(C)C(F)F. The number of furan rings is 1. The lowest BCUT2D eigenvalue weighted by atomic mass is 9.74. The first-order valence-electron chi connectivity index (χ1n) is 6.42. The largest absolute Gasteiger partial charge is 0.466 e. The highest BCUT2D eigenvalue weighted by Crippen LogP contribution is 2.42. The Morgan fingerprint density at radius 1 is 1.44 bits per heavy atom. The minimum absolute atomic E-state index is 0.0369. The molecule has 2 unspecified atom stereocenters. The third-order valence-electron chi connectivity index (χ3n) is 3.58. The maximum Gasteiger partial charge on any atom is 0.253 e. The standard InChI is InChI=1S/C14H21F2NO/c1-8-5-10-11(17-9(2)13(15)16)6-14(3,4)7-12(10)18-8/h5,9,11,13,17H,6-7H2,1-4H3. The summed E-state index contributed by atoms with van der Waals surface area (Å²) < 4.78 is 31.0. The van der Waals surface area contributed by atoms with Crippen molar-refractivity contribution in [2.24, 2.45) is 5.41 Å². The number of hydrogen-bond acceptors (Lipinski definition) is 2. The van der Waals surface area contributed by atoms with E-state index in [1.807, 2.05) is 13.0 Å². The fourth-order valence-electron chi connectivity index (χ4n) is 2.72. The molecule has 0 fully saturated rings. The van der Waals surface area contributed by atoms with Crippen molar-refractivity contribution >= 4 is 0 Å². The zero-order valence-electron chi connectivity index (χ0n) is 11.4. The summed E-state index contributed by atoms with van der Waals surface area (Å²) in [6.45, 7) is 7.73. The third kappa shape index (κ3) is 2.74. The van der Waals surface area contributed by atoms with Crippen molar-refractivity contribution < 1.29 is 13.2 Å². The van der Waals surface area contributed by atoms with E-state index in [2.05, 4.69) is 19.2 Å². The van der Waals surface area contributed by atoms with Gasteiger partial charge in [-0.25, -0.2) is 8.78 Å². The van der Waals surface area contributed by atoms with Gasteiger partial charge in [-0.15, -0.1) is 0 Å². The summed E-state index contributed by atoms with van der Waals surface area (Å²) >= 11 is 0. The number of hydrogen-bond donors (Lipinski definition) is 1. The van der Waals surface area contributed by atoms with E-state index in [4.69, 9.17) is 4.42 Å². The first kappa shape index (κ1) is 13.5. The predicted molar refractivity (Wildman–Crippen MR) is 66.9 cm³/mol. The van der Waals surface area contributed by atoms with Gasteiger partial charge in [-0.2, -0.15) is 0 Å². The topological polar surface area (TPSA) is 25.2 Å². The van der Waals surface area contributed by atoms with Crippen LogP contribution in [0.1, 0.15) is 50.3 Å². The van der Waals surface area contributed by atoms with E-state index in [-0.39, 0.29) is 11.5 Å². The molecule has 1 aliphatic carbocycles. The van der Waals surface area contributed by atoms with E-state index < -0.39 is 12.5 Å². The molecule has 2 nitrogen and oxygen atoms in total. The Morgan fingerprint density at radius 2 is 2.11 bits per heavy atom. The second-order valence-electron chi connectivity index (χ2n) is 6.12. The Hall–Kier alpha value is -0.900. The molecular weight excluding hydrogens is 236 g/mol. The van der Waals surface area contributed by atoms with Crippen LogP contribution in [0.25, 0.3) is 0 Å². The average molecular weight is 257 g/mol. The average Bonchev–Trinajstić information content (AvgIpc) is 2.56. The lowest BCUT2D eigenvalue weighted by molar-refractivity contribution is 0.0920. The highest BCUT2D eigenvalue weighted by molar-refractivity contribution is 5.29. The fraction of sp³-hybridized carbons (Fsp3) is 0.714. The zero-order valence-corrected chi connectivity index (χ0v) is 11.4. The lowest BCUT2D eigenvalue weighted by Gasteiger charge is -2.36. The van der Waals surface area contributed by atoms with E-state index in [0.717, 1.165) is 29.9 Å². The van der Waals surface area contributed by atoms with Crippen molar-refractivity contribution in [2.75, 3.05) is 0 Å². The number of fused-ring (bicyclic) bond motifs is 1. The molecule has 0 saturated heterocycles. The van der Waals surface area contributed by atoms with Crippen LogP contribution in [0.5, 0.6) is 0 Å². The monoisotopic (exact) mass is 257 g/mol. The Bertz CT molecular complexity index is 425. The Labute approximate surface area is 107 Å². The van der Waals surface area contributed by atoms with Crippen LogP contribution in [0.2, 0.25) is 0 Å². The molecule has 0 saturated carbocycles. The van der Waals surface area contributed by atoms with Gasteiger partial charge in [0.05, 0.1) is 6.04 Å². The number of rotatable bonds is 3. The van der Waals surface area contributed by atoms with Crippen molar-refractivity contribution in [1.29, 1.82) is 0 Å². The van der Waals surface area contributed by atoms with E-state index in [1.54, 1.807) is 0 Å². The molecule has 1 aromatic heterocycles. The summed E-state index contributed by atoms with van der Waals surface area (Å²) in [5, 5.41) is 3.03. The molecule has 0 aromatic carbocycles. The van der Waals surface area contributed by atoms with Crippen LogP contribution in [0.15, 0.2) is 10.5 Å². The molecule has 0 bridgehead atoms. The lowest BCUT2D eigenvalue weighted by Crippen LogP contribution is -2.40. The predicted octanol–water partition coefficient (Wildman–Crippen LogP) is 3.84. The number of halogens is 2. The van der Waals surface area contributed by atoms with Crippen LogP contribution in [0, 0.1) is 12.3 Å². The van der Waals surface area contributed by atoms with Crippen LogP contribution in [0.4, 0.5) is 8.78 Å². The van der Waals surface area contributed by atoms with Gasteiger partial charge in [-0.05, 0) is 31.7 Å². The quantitative estimate of drug-likeness (QED) is 0.889. The van der Waals surface area contributed by atoms with Crippen molar-refractivity contribution in [3.05, 3.63) is 23.2 Å². The normalized spacial score (nSPS) is 24.1. The molecule has 2 rings (SSSR count). The second kappa shape index (κ2) is 4.65. The van der Waals surface area contributed by atoms with Crippen LogP contribution >= 0.6 is 0 Å². The zero-order chi connectivity index (χ0) is 13.5. The number of aryl methyl sites for hydroxylation is 1. The van der Waals surface area contributed by atoms with Gasteiger partial charge >= 0.3 is 0 Å². The van der Waals surface area contributed by atoms with Gasteiger partial charge in [0.15, 0.2) is 0 Å². The first-order valence-corrected chi connectivity index (χ1v) is 6.42. The van der Waals surface area contributed by atoms with Crippen molar-refractivity contribution in [2.45, 2.75) is 59.0 Å². The summed E-state index contributed by atoms with van der Waals surface area (Å²) in [4.78, 5) is 0. The second-order valence-corrected chi connectivity index (χ2v) is 6.12. The van der Waals surface area contributed by atoms with Gasteiger partial charge in [0.1, 0.15) is 11.5 Å². The van der Waals surface area contributed by atoms with Crippen LogP contribution in [0.3, 0.4) is 0 Å². The first-order chi connectivity index (χ1) is 8.28. The van der Waals surface area contributed by atoms with Gasteiger partial charge < -0.3 is 9.73 Å². The summed E-state index contributed by atoms with van der Waals surface area (Å²) in [6, 6.07) is 1.14. The van der Waals surface area contributed by atoms with Gasteiger partial charge in [0, 0.05) is 18.0 Å². The van der Waals surface area contributed by atoms with Crippen molar-refractivity contribution in [3.63, 3.8) is 0 Å². The summed E-state index contributed by atoms with van der Waals surface area (Å²) in [5.41, 5.74) is 1.14. The van der Waals surface area contributed by atoms with E-state index in [1.165, 1.54) is 6.92 Å². The highest BCUT2D eigenvalue weighted by atomic mass is 19.3. The Kier molecular flexibility index (Phi) is 3.49. The van der Waals surface area contributed by atoms with Crippen LogP contribution in [-0.4, -0.2) is 12.5 Å². The van der Waals surface area contributed by atoms with E-state index >= 15 is 0 Å². The molecule has 0 amide bonds. The Balaban J connectivity index is 2.24. The maximum absolute atomic E-state index is 12.7. The van der Waals surface area contributed by atoms with Crippen LogP contribution in [-0.2, 0) is 6.42 Å². The minimum atomic E-state index is -2.34. The molecular formula is C14H21F2NO. The van der Waals surface area contributed by atoms with Gasteiger partial charge in [0.25, 0.3) is 6.43 Å².